The zero-order chi connectivity index (χ0) is 12.7. The average Bonchev–Trinajstić information content (AvgIpc) is 3.16. The van der Waals surface area contributed by atoms with Crippen LogP contribution in [0.2, 0.25) is 0 Å². The van der Waals surface area contributed by atoms with Crippen LogP contribution >= 0.6 is 0 Å². The molecule has 4 rings (SSSR count). The van der Waals surface area contributed by atoms with Gasteiger partial charge in [-0.15, -0.1) is 0 Å². The predicted molar refractivity (Wildman–Crippen MR) is 71.8 cm³/mol. The lowest BCUT2D eigenvalue weighted by molar-refractivity contribution is 0.286. The topological polar surface area (TPSA) is 51.0 Å². The molecule has 104 valence electrons. The molecule has 2 heterocycles. The summed E-state index contributed by atoms with van der Waals surface area (Å²) in [6, 6.07) is 0. The van der Waals surface area contributed by atoms with Crippen LogP contribution in [0.1, 0.15) is 56.2 Å². The fraction of sp³-hybridized carbons (Fsp3) is 0.867. The quantitative estimate of drug-likeness (QED) is 0.908. The van der Waals surface area contributed by atoms with E-state index < -0.39 is 0 Å². The van der Waals surface area contributed by atoms with Crippen LogP contribution in [-0.2, 0) is 6.42 Å². The van der Waals surface area contributed by atoms with Crippen molar-refractivity contribution < 1.29 is 4.52 Å². The van der Waals surface area contributed by atoms with Crippen molar-refractivity contribution in [3.63, 3.8) is 0 Å². The molecule has 1 saturated heterocycles. The van der Waals surface area contributed by atoms with E-state index in [2.05, 4.69) is 15.5 Å². The lowest BCUT2D eigenvalue weighted by Gasteiger charge is -2.20. The lowest BCUT2D eigenvalue weighted by Crippen LogP contribution is -2.27. The van der Waals surface area contributed by atoms with E-state index in [1.165, 1.54) is 25.7 Å². The molecule has 4 heteroatoms. The van der Waals surface area contributed by atoms with Crippen molar-refractivity contribution in [3.05, 3.63) is 11.7 Å². The molecule has 0 aromatic carbocycles. The van der Waals surface area contributed by atoms with Gasteiger partial charge in [-0.05, 0) is 62.9 Å². The molecule has 0 spiro atoms. The van der Waals surface area contributed by atoms with Crippen LogP contribution in [0, 0.1) is 17.8 Å². The van der Waals surface area contributed by atoms with Gasteiger partial charge in [0.2, 0.25) is 5.89 Å². The Hall–Kier alpha value is -0.900. The first-order valence-electron chi connectivity index (χ1n) is 7.91. The number of aromatic nitrogens is 2. The zero-order valence-electron chi connectivity index (χ0n) is 11.5. The minimum Gasteiger partial charge on any atom is -0.339 e. The highest BCUT2D eigenvalue weighted by atomic mass is 16.5. The van der Waals surface area contributed by atoms with E-state index in [1.807, 2.05) is 0 Å². The third-order valence-corrected chi connectivity index (χ3v) is 5.51. The zero-order valence-corrected chi connectivity index (χ0v) is 11.5. The Kier molecular flexibility index (Phi) is 3.06. The number of nitrogens with zero attached hydrogens (tertiary/aromatic N) is 2. The molecule has 0 radical (unpaired) electrons. The molecule has 19 heavy (non-hydrogen) atoms. The molecule has 2 saturated carbocycles. The van der Waals surface area contributed by atoms with Crippen molar-refractivity contribution in [2.24, 2.45) is 17.8 Å². The summed E-state index contributed by atoms with van der Waals surface area (Å²) in [5.41, 5.74) is 0. The van der Waals surface area contributed by atoms with E-state index in [4.69, 9.17) is 4.52 Å². The third-order valence-electron chi connectivity index (χ3n) is 5.51. The Labute approximate surface area is 114 Å². The van der Waals surface area contributed by atoms with Gasteiger partial charge in [-0.3, -0.25) is 0 Å². The van der Waals surface area contributed by atoms with Gasteiger partial charge in [0.1, 0.15) is 0 Å². The van der Waals surface area contributed by atoms with Crippen molar-refractivity contribution in [1.82, 2.24) is 15.5 Å². The van der Waals surface area contributed by atoms with E-state index in [1.54, 1.807) is 0 Å². The summed E-state index contributed by atoms with van der Waals surface area (Å²) in [6.45, 7) is 2.17. The maximum Gasteiger partial charge on any atom is 0.226 e. The van der Waals surface area contributed by atoms with E-state index in [0.29, 0.717) is 5.92 Å². The molecular formula is C15H23N3O. The number of hydrogen-bond donors (Lipinski definition) is 1. The molecule has 3 unspecified atom stereocenters. The van der Waals surface area contributed by atoms with E-state index in [9.17, 15) is 0 Å². The third kappa shape index (κ3) is 2.31. The van der Waals surface area contributed by atoms with Crippen molar-refractivity contribution >= 4 is 0 Å². The number of fused-ring (bicyclic) bond motifs is 2. The standard InChI is InChI=1S/C15H23N3O/c1-2-12-7-10(1)8-13(12)9-14-17-15(18-19-14)11-3-5-16-6-4-11/h10-13,16H,1-9H2. The molecular weight excluding hydrogens is 238 g/mol. The molecule has 3 aliphatic rings. The molecule has 1 aromatic heterocycles. The molecule has 2 aliphatic carbocycles. The Bertz CT molecular complexity index is 438. The first-order valence-corrected chi connectivity index (χ1v) is 7.91. The average molecular weight is 261 g/mol. The highest BCUT2D eigenvalue weighted by Gasteiger charge is 2.40. The first-order chi connectivity index (χ1) is 9.38. The highest BCUT2D eigenvalue weighted by molar-refractivity contribution is 5.00. The second-order valence-corrected chi connectivity index (χ2v) is 6.71. The van der Waals surface area contributed by atoms with Gasteiger partial charge in [0.25, 0.3) is 0 Å². The van der Waals surface area contributed by atoms with Gasteiger partial charge in [0.15, 0.2) is 5.82 Å². The van der Waals surface area contributed by atoms with Crippen molar-refractivity contribution in [3.8, 4) is 0 Å². The maximum absolute atomic E-state index is 5.51. The van der Waals surface area contributed by atoms with Gasteiger partial charge >= 0.3 is 0 Å². The van der Waals surface area contributed by atoms with Crippen LogP contribution in [0.15, 0.2) is 4.52 Å². The predicted octanol–water partition coefficient (Wildman–Crippen LogP) is 2.52. The molecule has 3 fully saturated rings. The first kappa shape index (κ1) is 11.9. The van der Waals surface area contributed by atoms with Crippen LogP contribution in [-0.4, -0.2) is 23.2 Å². The molecule has 1 aliphatic heterocycles. The molecule has 2 bridgehead atoms. The summed E-state index contributed by atoms with van der Waals surface area (Å²) in [6.07, 6.45) is 9.07. The second kappa shape index (κ2) is 4.89. The minimum atomic E-state index is 0.513. The Morgan fingerprint density at radius 2 is 2.00 bits per heavy atom. The van der Waals surface area contributed by atoms with Crippen molar-refractivity contribution in [2.45, 2.75) is 50.9 Å². The normalized spacial score (nSPS) is 35.1. The molecule has 1 N–H and O–H groups in total. The van der Waals surface area contributed by atoms with Gasteiger partial charge in [-0.25, -0.2) is 0 Å². The fourth-order valence-electron chi connectivity index (χ4n) is 4.45. The summed E-state index contributed by atoms with van der Waals surface area (Å²) in [5, 5.41) is 7.61. The van der Waals surface area contributed by atoms with Crippen molar-refractivity contribution in [1.29, 1.82) is 0 Å². The van der Waals surface area contributed by atoms with Crippen LogP contribution in [0.4, 0.5) is 0 Å². The van der Waals surface area contributed by atoms with Crippen LogP contribution in [0.25, 0.3) is 0 Å². The van der Waals surface area contributed by atoms with Gasteiger partial charge in [0.05, 0.1) is 0 Å². The second-order valence-electron chi connectivity index (χ2n) is 6.71. The smallest absolute Gasteiger partial charge is 0.226 e. The fourth-order valence-corrected chi connectivity index (χ4v) is 4.45. The van der Waals surface area contributed by atoms with Gasteiger partial charge < -0.3 is 9.84 Å². The van der Waals surface area contributed by atoms with E-state index in [0.717, 1.165) is 61.8 Å². The summed E-state index contributed by atoms with van der Waals surface area (Å²) >= 11 is 0. The Morgan fingerprint density at radius 3 is 2.74 bits per heavy atom. The number of hydrogen-bond acceptors (Lipinski definition) is 4. The highest BCUT2D eigenvalue weighted by Crippen LogP contribution is 2.49. The number of piperidine rings is 1. The number of nitrogens with one attached hydrogen (secondary N) is 1. The summed E-state index contributed by atoms with van der Waals surface area (Å²) in [7, 11) is 0. The van der Waals surface area contributed by atoms with Crippen molar-refractivity contribution in [2.75, 3.05) is 13.1 Å². The molecule has 3 atom stereocenters. The largest absolute Gasteiger partial charge is 0.339 e. The maximum atomic E-state index is 5.51. The van der Waals surface area contributed by atoms with Crippen LogP contribution in [0.3, 0.4) is 0 Å². The van der Waals surface area contributed by atoms with E-state index in [-0.39, 0.29) is 0 Å². The molecule has 1 aromatic rings. The monoisotopic (exact) mass is 261 g/mol. The molecule has 0 amide bonds. The number of rotatable bonds is 3. The summed E-state index contributed by atoms with van der Waals surface area (Å²) in [5.74, 6) is 5.13. The van der Waals surface area contributed by atoms with Crippen LogP contribution < -0.4 is 5.32 Å². The van der Waals surface area contributed by atoms with Crippen LogP contribution in [0.5, 0.6) is 0 Å². The summed E-state index contributed by atoms with van der Waals surface area (Å²) in [4.78, 5) is 4.68. The minimum absolute atomic E-state index is 0.513. The molecule has 4 nitrogen and oxygen atoms in total. The van der Waals surface area contributed by atoms with E-state index >= 15 is 0 Å². The Morgan fingerprint density at radius 1 is 1.11 bits per heavy atom. The van der Waals surface area contributed by atoms with Gasteiger partial charge in [0, 0.05) is 12.3 Å². The summed E-state index contributed by atoms with van der Waals surface area (Å²) < 4.78 is 5.51. The SMILES string of the molecule is C1CC(c2noc(CC3CC4CCC3C4)n2)CCN1. The van der Waals surface area contributed by atoms with Gasteiger partial charge in [-0.1, -0.05) is 11.6 Å². The Balaban J connectivity index is 1.40. The van der Waals surface area contributed by atoms with Gasteiger partial charge in [-0.2, -0.15) is 4.98 Å². The lowest BCUT2D eigenvalue weighted by atomic mass is 9.86.